The molecule has 2 rings (SSSR count). The number of nitrogens with one attached hydrogen (secondary N) is 1. The molecular weight excluding hydrogens is 239 g/mol. The van der Waals surface area contributed by atoms with E-state index in [9.17, 15) is 13.2 Å². The zero-order chi connectivity index (χ0) is 13.2. The van der Waals surface area contributed by atoms with Crippen molar-refractivity contribution in [1.82, 2.24) is 5.32 Å². The first kappa shape index (κ1) is 13.4. The maximum atomic E-state index is 12.8. The normalized spacial score (nSPS) is 27.9. The van der Waals surface area contributed by atoms with Crippen LogP contribution in [-0.4, -0.2) is 19.8 Å². The van der Waals surface area contributed by atoms with E-state index in [0.29, 0.717) is 18.8 Å². The number of alkyl halides is 3. The molecule has 0 heterocycles. The SMILES string of the molecule is CNCC1CC(CC(F)(F)F)(c2ccccc2)C1. The van der Waals surface area contributed by atoms with E-state index in [4.69, 9.17) is 0 Å². The van der Waals surface area contributed by atoms with Crippen molar-refractivity contribution in [2.75, 3.05) is 13.6 Å². The van der Waals surface area contributed by atoms with E-state index in [0.717, 1.165) is 12.1 Å². The summed E-state index contributed by atoms with van der Waals surface area (Å²) in [5.74, 6) is 0.359. The highest BCUT2D eigenvalue weighted by Gasteiger charge is 2.51. The Balaban J connectivity index is 2.16. The molecule has 0 atom stereocenters. The lowest BCUT2D eigenvalue weighted by Gasteiger charge is -2.49. The number of halogens is 3. The molecule has 1 aromatic rings. The third-order valence-electron chi connectivity index (χ3n) is 3.78. The van der Waals surface area contributed by atoms with Crippen LogP contribution < -0.4 is 5.32 Å². The fourth-order valence-corrected chi connectivity index (χ4v) is 3.14. The van der Waals surface area contributed by atoms with E-state index < -0.39 is 18.0 Å². The van der Waals surface area contributed by atoms with Crippen molar-refractivity contribution in [2.24, 2.45) is 5.92 Å². The molecule has 100 valence electrons. The first-order chi connectivity index (χ1) is 8.45. The van der Waals surface area contributed by atoms with Crippen LogP contribution in [0.5, 0.6) is 0 Å². The van der Waals surface area contributed by atoms with Crippen molar-refractivity contribution in [3.05, 3.63) is 35.9 Å². The zero-order valence-corrected chi connectivity index (χ0v) is 10.4. The van der Waals surface area contributed by atoms with Gasteiger partial charge in [0.25, 0.3) is 0 Å². The maximum Gasteiger partial charge on any atom is 0.389 e. The van der Waals surface area contributed by atoms with Crippen LogP contribution in [0.1, 0.15) is 24.8 Å². The minimum Gasteiger partial charge on any atom is -0.319 e. The number of hydrogen-bond donors (Lipinski definition) is 1. The second-order valence-corrected chi connectivity index (χ2v) is 5.27. The van der Waals surface area contributed by atoms with Gasteiger partial charge in [0.15, 0.2) is 0 Å². The van der Waals surface area contributed by atoms with Gasteiger partial charge in [-0.1, -0.05) is 30.3 Å². The molecule has 0 spiro atoms. The monoisotopic (exact) mass is 257 g/mol. The summed E-state index contributed by atoms with van der Waals surface area (Å²) >= 11 is 0. The highest BCUT2D eigenvalue weighted by Crippen LogP contribution is 2.53. The lowest BCUT2D eigenvalue weighted by molar-refractivity contribution is -0.160. The minimum absolute atomic E-state index is 0.359. The molecule has 0 aliphatic heterocycles. The molecule has 0 unspecified atom stereocenters. The maximum absolute atomic E-state index is 12.8. The van der Waals surface area contributed by atoms with E-state index in [1.54, 1.807) is 0 Å². The standard InChI is InChI=1S/C14H18F3N/c1-18-9-11-7-13(8-11,10-14(15,16)17)12-5-3-2-4-6-12/h2-6,11,18H,7-10H2,1H3. The summed E-state index contributed by atoms with van der Waals surface area (Å²) < 4.78 is 38.3. The molecule has 1 N–H and O–H groups in total. The second kappa shape index (κ2) is 4.92. The molecule has 0 aromatic heterocycles. The Hall–Kier alpha value is -1.03. The largest absolute Gasteiger partial charge is 0.389 e. The van der Waals surface area contributed by atoms with Gasteiger partial charge in [0, 0.05) is 5.41 Å². The first-order valence-corrected chi connectivity index (χ1v) is 6.22. The van der Waals surface area contributed by atoms with Gasteiger partial charge in [-0.15, -0.1) is 0 Å². The van der Waals surface area contributed by atoms with Gasteiger partial charge >= 0.3 is 6.18 Å². The molecule has 0 bridgehead atoms. The number of hydrogen-bond acceptors (Lipinski definition) is 1. The third kappa shape index (κ3) is 2.86. The Bertz CT molecular complexity index is 380. The zero-order valence-electron chi connectivity index (χ0n) is 10.4. The molecule has 1 saturated carbocycles. The molecule has 4 heteroatoms. The van der Waals surface area contributed by atoms with E-state index in [2.05, 4.69) is 5.32 Å². The van der Waals surface area contributed by atoms with E-state index in [-0.39, 0.29) is 0 Å². The Labute approximate surface area is 105 Å². The Morgan fingerprint density at radius 2 is 1.83 bits per heavy atom. The van der Waals surface area contributed by atoms with Crippen molar-refractivity contribution in [1.29, 1.82) is 0 Å². The van der Waals surface area contributed by atoms with Gasteiger partial charge in [0.2, 0.25) is 0 Å². The van der Waals surface area contributed by atoms with Gasteiger partial charge in [0.05, 0.1) is 6.42 Å². The van der Waals surface area contributed by atoms with Crippen LogP contribution in [0.2, 0.25) is 0 Å². The summed E-state index contributed by atoms with van der Waals surface area (Å²) in [6.45, 7) is 0.798. The van der Waals surface area contributed by atoms with Gasteiger partial charge in [0.1, 0.15) is 0 Å². The van der Waals surface area contributed by atoms with Crippen LogP contribution in [0.4, 0.5) is 13.2 Å². The van der Waals surface area contributed by atoms with Crippen molar-refractivity contribution in [2.45, 2.75) is 30.9 Å². The van der Waals surface area contributed by atoms with Crippen LogP contribution in [0.15, 0.2) is 30.3 Å². The van der Waals surface area contributed by atoms with Crippen molar-refractivity contribution >= 4 is 0 Å². The van der Waals surface area contributed by atoms with Crippen LogP contribution in [0, 0.1) is 5.92 Å². The predicted octanol–water partition coefficient (Wildman–Crippen LogP) is 3.51. The van der Waals surface area contributed by atoms with Gasteiger partial charge in [-0.05, 0) is 37.9 Å². The van der Waals surface area contributed by atoms with Crippen LogP contribution in [0.25, 0.3) is 0 Å². The summed E-state index contributed by atoms with van der Waals surface area (Å²) in [5, 5.41) is 3.04. The molecule has 1 aromatic carbocycles. The van der Waals surface area contributed by atoms with E-state index in [1.807, 2.05) is 37.4 Å². The fourth-order valence-electron chi connectivity index (χ4n) is 3.14. The van der Waals surface area contributed by atoms with Crippen LogP contribution in [-0.2, 0) is 5.41 Å². The minimum atomic E-state index is -4.10. The molecule has 1 aliphatic rings. The molecule has 0 amide bonds. The quantitative estimate of drug-likeness (QED) is 0.870. The summed E-state index contributed by atoms with van der Waals surface area (Å²) in [5.41, 5.74) is 0.135. The fraction of sp³-hybridized carbons (Fsp3) is 0.571. The molecular formula is C14H18F3N. The van der Waals surface area contributed by atoms with E-state index >= 15 is 0 Å². The summed E-state index contributed by atoms with van der Waals surface area (Å²) in [4.78, 5) is 0. The Morgan fingerprint density at radius 1 is 1.22 bits per heavy atom. The number of rotatable bonds is 4. The molecule has 0 radical (unpaired) electrons. The highest BCUT2D eigenvalue weighted by atomic mass is 19.4. The van der Waals surface area contributed by atoms with Crippen molar-refractivity contribution < 1.29 is 13.2 Å². The smallest absolute Gasteiger partial charge is 0.319 e. The highest BCUT2D eigenvalue weighted by molar-refractivity contribution is 5.29. The average molecular weight is 257 g/mol. The third-order valence-corrected chi connectivity index (χ3v) is 3.78. The first-order valence-electron chi connectivity index (χ1n) is 6.22. The molecule has 0 saturated heterocycles. The summed E-state index contributed by atoms with van der Waals surface area (Å²) in [6.07, 6.45) is -3.56. The average Bonchev–Trinajstić information content (AvgIpc) is 2.25. The molecule has 18 heavy (non-hydrogen) atoms. The van der Waals surface area contributed by atoms with Crippen LogP contribution in [0.3, 0.4) is 0 Å². The lowest BCUT2D eigenvalue weighted by Crippen LogP contribution is -2.47. The second-order valence-electron chi connectivity index (χ2n) is 5.27. The number of benzene rings is 1. The topological polar surface area (TPSA) is 12.0 Å². The summed E-state index contributed by atoms with van der Waals surface area (Å²) in [7, 11) is 1.84. The molecule has 1 nitrogen and oxygen atoms in total. The lowest BCUT2D eigenvalue weighted by atomic mass is 9.57. The van der Waals surface area contributed by atoms with Crippen molar-refractivity contribution in [3.8, 4) is 0 Å². The molecule has 1 fully saturated rings. The van der Waals surface area contributed by atoms with E-state index in [1.165, 1.54) is 0 Å². The van der Waals surface area contributed by atoms with Gasteiger partial charge in [-0.3, -0.25) is 0 Å². The van der Waals surface area contributed by atoms with Gasteiger partial charge < -0.3 is 5.32 Å². The Kier molecular flexibility index (Phi) is 3.66. The molecule has 1 aliphatic carbocycles. The summed E-state index contributed by atoms with van der Waals surface area (Å²) in [6, 6.07) is 9.12. The van der Waals surface area contributed by atoms with Gasteiger partial charge in [-0.25, -0.2) is 0 Å². The van der Waals surface area contributed by atoms with Gasteiger partial charge in [-0.2, -0.15) is 13.2 Å². The Morgan fingerprint density at radius 3 is 2.33 bits per heavy atom. The predicted molar refractivity (Wildman–Crippen MR) is 65.4 cm³/mol. The van der Waals surface area contributed by atoms with Crippen LogP contribution >= 0.6 is 0 Å². The van der Waals surface area contributed by atoms with Crippen molar-refractivity contribution in [3.63, 3.8) is 0 Å².